The molecule has 0 spiro atoms. The Morgan fingerprint density at radius 3 is 1.45 bits per heavy atom. The Morgan fingerprint density at radius 2 is 0.935 bits per heavy atom. The summed E-state index contributed by atoms with van der Waals surface area (Å²) >= 11 is 2.13. The van der Waals surface area contributed by atoms with E-state index in [1.165, 1.54) is 141 Å². The summed E-state index contributed by atoms with van der Waals surface area (Å²) in [7, 11) is 0. The van der Waals surface area contributed by atoms with Crippen molar-refractivity contribution in [1.82, 2.24) is 0 Å². The average molecular weight is 457 g/mol. The predicted octanol–water partition coefficient (Wildman–Crippen LogP) is 10.0. The third-order valence-electron chi connectivity index (χ3n) is 6.74. The maximum atomic E-state index is 5.43. The molecule has 0 bridgehead atoms. The van der Waals surface area contributed by atoms with Gasteiger partial charge in [-0.2, -0.15) is 11.8 Å². The first-order chi connectivity index (χ1) is 15.4. The smallest absolute Gasteiger partial charge is 0.0912 e. The lowest BCUT2D eigenvalue weighted by atomic mass is 10.0. The fraction of sp³-hybridized carbons (Fsp3) is 1.00. The van der Waals surface area contributed by atoms with Crippen LogP contribution in [0.2, 0.25) is 0 Å². The molecule has 1 rings (SSSR count). The minimum Gasteiger partial charge on any atom is -0.237 e. The minimum absolute atomic E-state index is 0.750. The van der Waals surface area contributed by atoms with Crippen molar-refractivity contribution in [2.75, 3.05) is 19.0 Å². The molecule has 186 valence electrons. The van der Waals surface area contributed by atoms with Crippen molar-refractivity contribution in [2.45, 2.75) is 160 Å². The third kappa shape index (κ3) is 21.9. The number of hydrogen-bond acceptors (Lipinski definition) is 3. The fourth-order valence-corrected chi connectivity index (χ4v) is 5.83. The van der Waals surface area contributed by atoms with E-state index in [-0.39, 0.29) is 0 Å². The first-order valence-electron chi connectivity index (χ1n) is 14.3. The van der Waals surface area contributed by atoms with Gasteiger partial charge in [-0.15, -0.1) is 0 Å². The summed E-state index contributed by atoms with van der Waals surface area (Å²) in [5.74, 6) is 1.09. The molecule has 0 aromatic carbocycles. The van der Waals surface area contributed by atoms with Gasteiger partial charge in [0.05, 0.1) is 13.2 Å². The molecule has 0 aromatic rings. The molecule has 31 heavy (non-hydrogen) atoms. The summed E-state index contributed by atoms with van der Waals surface area (Å²) in [5, 5.41) is 0.850. The summed E-state index contributed by atoms with van der Waals surface area (Å²) in [6.07, 6.45) is 32.5. The molecule has 0 heterocycles. The molecule has 0 unspecified atom stereocenters. The van der Waals surface area contributed by atoms with Crippen LogP contribution in [0.3, 0.4) is 0 Å². The highest BCUT2D eigenvalue weighted by molar-refractivity contribution is 7.99. The van der Waals surface area contributed by atoms with Crippen LogP contribution in [0.4, 0.5) is 0 Å². The van der Waals surface area contributed by atoms with E-state index < -0.39 is 0 Å². The van der Waals surface area contributed by atoms with Crippen LogP contribution in [-0.4, -0.2) is 24.2 Å². The Morgan fingerprint density at radius 1 is 0.516 bits per heavy atom. The molecule has 0 saturated heterocycles. The van der Waals surface area contributed by atoms with Gasteiger partial charge < -0.3 is 0 Å². The van der Waals surface area contributed by atoms with Crippen molar-refractivity contribution in [3.8, 4) is 0 Å². The van der Waals surface area contributed by atoms with E-state index in [1.807, 2.05) is 0 Å². The summed E-state index contributed by atoms with van der Waals surface area (Å²) in [5.41, 5.74) is 0. The quantitative estimate of drug-likeness (QED) is 0.109. The van der Waals surface area contributed by atoms with Crippen LogP contribution in [-0.2, 0) is 9.78 Å². The Hall–Kier alpha value is 0.270. The monoisotopic (exact) mass is 456 g/mol. The Bertz CT molecular complexity index is 325. The summed E-state index contributed by atoms with van der Waals surface area (Å²) in [4.78, 5) is 10.8. The Labute approximate surface area is 200 Å². The maximum absolute atomic E-state index is 5.43. The second kappa shape index (κ2) is 24.9. The lowest BCUT2D eigenvalue weighted by Crippen LogP contribution is -2.07. The first-order valence-corrected chi connectivity index (χ1v) is 15.3. The molecule has 0 amide bonds. The molecule has 0 radical (unpaired) electrons. The maximum Gasteiger partial charge on any atom is 0.0912 e. The zero-order valence-electron chi connectivity index (χ0n) is 21.2. The molecule has 3 heteroatoms. The van der Waals surface area contributed by atoms with Crippen molar-refractivity contribution in [1.29, 1.82) is 0 Å². The van der Waals surface area contributed by atoms with Gasteiger partial charge in [-0.05, 0) is 19.3 Å². The highest BCUT2D eigenvalue weighted by Crippen LogP contribution is 2.25. The highest BCUT2D eigenvalue weighted by Gasteiger charge is 2.10. The predicted molar refractivity (Wildman–Crippen MR) is 140 cm³/mol. The number of hydrogen-bond donors (Lipinski definition) is 0. The van der Waals surface area contributed by atoms with Crippen molar-refractivity contribution >= 4 is 11.8 Å². The molecular formula is C28H56O2S. The Kier molecular flexibility index (Phi) is 23.5. The molecule has 1 saturated carbocycles. The van der Waals surface area contributed by atoms with Crippen LogP contribution in [0.25, 0.3) is 0 Å². The van der Waals surface area contributed by atoms with Gasteiger partial charge in [-0.25, -0.2) is 9.78 Å². The topological polar surface area (TPSA) is 18.5 Å². The van der Waals surface area contributed by atoms with Gasteiger partial charge in [-0.1, -0.05) is 135 Å². The van der Waals surface area contributed by atoms with Gasteiger partial charge in [0.2, 0.25) is 0 Å². The third-order valence-corrected chi connectivity index (χ3v) is 8.08. The van der Waals surface area contributed by atoms with Gasteiger partial charge in [0.1, 0.15) is 0 Å². The normalized spacial score (nSPS) is 16.9. The zero-order chi connectivity index (χ0) is 22.1. The molecule has 0 atom stereocenters. The highest BCUT2D eigenvalue weighted by atomic mass is 32.2. The molecule has 1 aliphatic carbocycles. The van der Waals surface area contributed by atoms with E-state index in [2.05, 4.69) is 18.7 Å². The molecule has 0 N–H and O–H groups in total. The van der Waals surface area contributed by atoms with Crippen LogP contribution >= 0.6 is 11.8 Å². The number of rotatable bonds is 19. The van der Waals surface area contributed by atoms with Crippen LogP contribution in [0.1, 0.15) is 155 Å². The first kappa shape index (κ1) is 29.3. The lowest BCUT2D eigenvalue weighted by molar-refractivity contribution is -0.290. The molecule has 2 nitrogen and oxygen atoms in total. The van der Waals surface area contributed by atoms with Crippen molar-refractivity contribution < 1.29 is 9.78 Å². The second-order valence-corrected chi connectivity index (χ2v) is 11.2. The molecule has 0 aromatic heterocycles. The molecular weight excluding hydrogens is 400 g/mol. The summed E-state index contributed by atoms with van der Waals surface area (Å²) in [6, 6.07) is 0. The van der Waals surface area contributed by atoms with Gasteiger partial charge in [0.15, 0.2) is 0 Å². The van der Waals surface area contributed by atoms with Crippen LogP contribution < -0.4 is 0 Å². The molecule has 0 aliphatic heterocycles. The van der Waals surface area contributed by atoms with Gasteiger partial charge in [0, 0.05) is 11.0 Å². The number of unbranched alkanes of at least 4 members (excludes halogenated alkanes) is 12. The largest absolute Gasteiger partial charge is 0.237 e. The lowest BCUT2D eigenvalue weighted by Gasteiger charge is -2.16. The van der Waals surface area contributed by atoms with E-state index >= 15 is 0 Å². The van der Waals surface area contributed by atoms with Crippen LogP contribution in [0.15, 0.2) is 0 Å². The minimum atomic E-state index is 0.750. The summed E-state index contributed by atoms with van der Waals surface area (Å²) in [6.45, 7) is 3.81. The van der Waals surface area contributed by atoms with E-state index in [9.17, 15) is 0 Å². The van der Waals surface area contributed by atoms with E-state index in [4.69, 9.17) is 9.78 Å². The SMILES string of the molecule is CCCCCCCCCCCCCCCOOCCSC1CCCCCCCCCC1. The van der Waals surface area contributed by atoms with E-state index in [0.717, 1.165) is 30.6 Å². The van der Waals surface area contributed by atoms with Gasteiger partial charge >= 0.3 is 0 Å². The average Bonchev–Trinajstić information content (AvgIpc) is 2.84. The number of thioether (sulfide) groups is 1. The summed E-state index contributed by atoms with van der Waals surface area (Å²) < 4.78 is 0. The Balaban J connectivity index is 1.77. The standard InChI is InChI=1S/C28H56O2S/c1-2-3-4-5-6-7-8-9-10-13-16-19-22-25-29-30-26-27-31-28-23-20-17-14-11-12-15-18-21-24-28/h28H,2-27H2,1H3. The van der Waals surface area contributed by atoms with Crippen LogP contribution in [0, 0.1) is 0 Å². The van der Waals surface area contributed by atoms with Crippen LogP contribution in [0.5, 0.6) is 0 Å². The molecule has 1 fully saturated rings. The van der Waals surface area contributed by atoms with Crippen molar-refractivity contribution in [2.24, 2.45) is 0 Å². The second-order valence-electron chi connectivity index (χ2n) is 9.79. The van der Waals surface area contributed by atoms with E-state index in [0.29, 0.717) is 0 Å². The fourth-order valence-electron chi connectivity index (χ4n) is 4.66. The molecule has 1 aliphatic rings. The van der Waals surface area contributed by atoms with E-state index in [1.54, 1.807) is 0 Å². The van der Waals surface area contributed by atoms with Crippen molar-refractivity contribution in [3.63, 3.8) is 0 Å². The zero-order valence-corrected chi connectivity index (χ0v) is 22.0. The van der Waals surface area contributed by atoms with Gasteiger partial charge in [0.25, 0.3) is 0 Å². The van der Waals surface area contributed by atoms with Crippen molar-refractivity contribution in [3.05, 3.63) is 0 Å². The van der Waals surface area contributed by atoms with Gasteiger partial charge in [-0.3, -0.25) is 0 Å².